The maximum Gasteiger partial charge on any atom is 0.339 e. The van der Waals surface area contributed by atoms with Gasteiger partial charge in [0, 0.05) is 11.0 Å². The molecule has 0 saturated heterocycles. The van der Waals surface area contributed by atoms with E-state index in [-0.39, 0.29) is 0 Å². The molecule has 2 rings (SSSR count). The lowest BCUT2D eigenvalue weighted by Crippen LogP contribution is -2.38. The third-order valence-electron chi connectivity index (χ3n) is 2.81. The normalized spacial score (nSPS) is 12.3. The van der Waals surface area contributed by atoms with E-state index in [0.717, 1.165) is 4.90 Å². The summed E-state index contributed by atoms with van der Waals surface area (Å²) in [6.07, 6.45) is 3.18. The Morgan fingerprint density at radius 1 is 1.36 bits per heavy atom. The maximum absolute atomic E-state index is 10.8. The molecule has 0 aliphatic carbocycles. The molecule has 1 aromatic carbocycles. The lowest BCUT2D eigenvalue weighted by Gasteiger charge is -2.16. The molecule has 3 N–H and O–H groups in total. The lowest BCUT2D eigenvalue weighted by molar-refractivity contribution is -0.0560. The minimum Gasteiger partial charge on any atom is -0.426 e. The van der Waals surface area contributed by atoms with Crippen molar-refractivity contribution in [3.63, 3.8) is 0 Å². The summed E-state index contributed by atoms with van der Waals surface area (Å²) in [6, 6.07) is 9.05. The first-order valence-corrected chi connectivity index (χ1v) is 6.93. The SMILES string of the molecule is CC(C=Cc1ccc(Oc2ccc(S)cc2)o1)N(O)C(N)=O. The number of carbonyl (C=O) groups is 1. The van der Waals surface area contributed by atoms with Crippen molar-refractivity contribution in [1.82, 2.24) is 5.06 Å². The van der Waals surface area contributed by atoms with Gasteiger partial charge in [0.1, 0.15) is 11.5 Å². The number of carbonyl (C=O) groups excluding carboxylic acids is 1. The third kappa shape index (κ3) is 4.31. The number of nitrogens with two attached hydrogens (primary N) is 1. The summed E-state index contributed by atoms with van der Waals surface area (Å²) in [7, 11) is 0. The van der Waals surface area contributed by atoms with Crippen molar-refractivity contribution in [1.29, 1.82) is 0 Å². The summed E-state index contributed by atoms with van der Waals surface area (Å²) in [4.78, 5) is 11.6. The van der Waals surface area contributed by atoms with E-state index in [2.05, 4.69) is 12.6 Å². The molecule has 1 atom stereocenters. The van der Waals surface area contributed by atoms with E-state index < -0.39 is 12.1 Å². The van der Waals surface area contributed by atoms with Gasteiger partial charge in [-0.2, -0.15) is 5.06 Å². The second-order valence-electron chi connectivity index (χ2n) is 4.54. The highest BCUT2D eigenvalue weighted by molar-refractivity contribution is 7.80. The Hall–Kier alpha value is -2.38. The van der Waals surface area contributed by atoms with Crippen molar-refractivity contribution in [3.8, 4) is 11.7 Å². The first-order chi connectivity index (χ1) is 10.5. The van der Waals surface area contributed by atoms with Gasteiger partial charge in [-0.15, -0.1) is 12.6 Å². The summed E-state index contributed by atoms with van der Waals surface area (Å²) in [5, 5.41) is 9.77. The van der Waals surface area contributed by atoms with E-state index in [1.807, 2.05) is 12.1 Å². The molecular weight excluding hydrogens is 304 g/mol. The van der Waals surface area contributed by atoms with E-state index >= 15 is 0 Å². The number of nitrogens with zero attached hydrogens (tertiary/aromatic N) is 1. The molecule has 0 aliphatic rings. The number of primary amides is 1. The van der Waals surface area contributed by atoms with Gasteiger partial charge in [0.2, 0.25) is 0 Å². The van der Waals surface area contributed by atoms with E-state index in [1.165, 1.54) is 0 Å². The number of urea groups is 1. The molecule has 116 valence electrons. The van der Waals surface area contributed by atoms with Gasteiger partial charge in [0.15, 0.2) is 0 Å². The van der Waals surface area contributed by atoms with Crippen molar-refractivity contribution in [2.45, 2.75) is 17.9 Å². The number of thiol groups is 1. The van der Waals surface area contributed by atoms with Gasteiger partial charge in [0.25, 0.3) is 5.95 Å². The average molecular weight is 320 g/mol. The smallest absolute Gasteiger partial charge is 0.339 e. The van der Waals surface area contributed by atoms with Gasteiger partial charge in [-0.1, -0.05) is 6.08 Å². The zero-order valence-electron chi connectivity index (χ0n) is 11.8. The number of furan rings is 1. The van der Waals surface area contributed by atoms with Crippen molar-refractivity contribution >= 4 is 24.7 Å². The lowest BCUT2D eigenvalue weighted by atomic mass is 10.3. The Morgan fingerprint density at radius 3 is 2.68 bits per heavy atom. The van der Waals surface area contributed by atoms with E-state index in [9.17, 15) is 10.0 Å². The van der Waals surface area contributed by atoms with Crippen molar-refractivity contribution in [2.75, 3.05) is 0 Å². The molecule has 2 amide bonds. The van der Waals surface area contributed by atoms with E-state index in [4.69, 9.17) is 14.9 Å². The molecule has 6 nitrogen and oxygen atoms in total. The number of rotatable bonds is 5. The largest absolute Gasteiger partial charge is 0.426 e. The van der Waals surface area contributed by atoms with Gasteiger partial charge < -0.3 is 14.9 Å². The standard InChI is InChI=1S/C15H16N2O4S/c1-10(17(19)15(16)18)2-3-11-6-9-14(20-11)21-12-4-7-13(22)8-5-12/h2-10,19,22H,1H3,(H2,16,18). The second-order valence-corrected chi connectivity index (χ2v) is 5.05. The molecule has 1 aromatic heterocycles. The second kappa shape index (κ2) is 7.06. The summed E-state index contributed by atoms with van der Waals surface area (Å²) >= 11 is 4.19. The summed E-state index contributed by atoms with van der Waals surface area (Å²) in [5.74, 6) is 1.48. The number of hydroxylamine groups is 2. The highest BCUT2D eigenvalue weighted by Gasteiger charge is 2.11. The summed E-state index contributed by atoms with van der Waals surface area (Å²) in [5.41, 5.74) is 4.96. The summed E-state index contributed by atoms with van der Waals surface area (Å²) in [6.45, 7) is 1.61. The molecule has 0 aliphatic heterocycles. The first-order valence-electron chi connectivity index (χ1n) is 6.48. The van der Waals surface area contributed by atoms with Crippen LogP contribution >= 0.6 is 12.6 Å². The fraction of sp³-hybridized carbons (Fsp3) is 0.133. The molecule has 22 heavy (non-hydrogen) atoms. The Labute approximate surface area is 133 Å². The van der Waals surface area contributed by atoms with Crippen molar-refractivity contribution in [2.24, 2.45) is 5.73 Å². The van der Waals surface area contributed by atoms with Crippen LogP contribution in [-0.2, 0) is 0 Å². The van der Waals surface area contributed by atoms with Gasteiger partial charge in [0.05, 0.1) is 6.04 Å². The van der Waals surface area contributed by atoms with Gasteiger partial charge >= 0.3 is 6.03 Å². The Kier molecular flexibility index (Phi) is 5.13. The van der Waals surface area contributed by atoms with Crippen LogP contribution in [0.5, 0.6) is 11.7 Å². The van der Waals surface area contributed by atoms with Crippen LogP contribution in [0.25, 0.3) is 6.08 Å². The van der Waals surface area contributed by atoms with Crippen molar-refractivity contribution in [3.05, 3.63) is 48.2 Å². The van der Waals surface area contributed by atoms with Crippen LogP contribution in [0.3, 0.4) is 0 Å². The first kappa shape index (κ1) is 16.0. The maximum atomic E-state index is 10.8. The minimum absolute atomic E-state index is 0.329. The molecule has 2 aromatic rings. The van der Waals surface area contributed by atoms with Crippen LogP contribution in [-0.4, -0.2) is 22.3 Å². The van der Waals surface area contributed by atoms with Crippen LogP contribution in [0, 0.1) is 0 Å². The van der Waals surface area contributed by atoms with E-state index in [0.29, 0.717) is 22.5 Å². The zero-order chi connectivity index (χ0) is 16.1. The van der Waals surface area contributed by atoms with Crippen molar-refractivity contribution < 1.29 is 19.2 Å². The molecule has 7 heteroatoms. The molecule has 1 unspecified atom stereocenters. The molecular formula is C15H16N2O4S. The fourth-order valence-corrected chi connectivity index (χ4v) is 1.77. The van der Waals surface area contributed by atoms with Crippen LogP contribution in [0.15, 0.2) is 51.8 Å². The van der Waals surface area contributed by atoms with Crippen LogP contribution in [0.2, 0.25) is 0 Å². The number of hydrogen-bond donors (Lipinski definition) is 3. The van der Waals surface area contributed by atoms with Gasteiger partial charge in [-0.05, 0) is 43.3 Å². The highest BCUT2D eigenvalue weighted by Crippen LogP contribution is 2.25. The zero-order valence-corrected chi connectivity index (χ0v) is 12.7. The molecule has 0 spiro atoms. The Morgan fingerprint density at radius 2 is 2.05 bits per heavy atom. The number of amides is 2. The number of hydrogen-bond acceptors (Lipinski definition) is 5. The number of ether oxygens (including phenoxy) is 1. The number of benzene rings is 1. The van der Waals surface area contributed by atoms with Crippen LogP contribution in [0.1, 0.15) is 12.7 Å². The third-order valence-corrected chi connectivity index (χ3v) is 3.11. The monoisotopic (exact) mass is 320 g/mol. The van der Waals surface area contributed by atoms with Gasteiger partial charge in [-0.25, -0.2) is 4.79 Å². The Bertz CT molecular complexity index is 666. The topological polar surface area (TPSA) is 88.9 Å². The van der Waals surface area contributed by atoms with E-state index in [1.54, 1.807) is 43.3 Å². The molecule has 0 fully saturated rings. The highest BCUT2D eigenvalue weighted by atomic mass is 32.1. The molecule has 0 bridgehead atoms. The Balaban J connectivity index is 1.99. The van der Waals surface area contributed by atoms with Gasteiger partial charge in [-0.3, -0.25) is 5.21 Å². The molecule has 1 heterocycles. The quantitative estimate of drug-likeness (QED) is 0.447. The molecule has 0 saturated carbocycles. The minimum atomic E-state index is -0.923. The van der Waals surface area contributed by atoms with Crippen LogP contribution in [0.4, 0.5) is 4.79 Å². The average Bonchev–Trinajstić information content (AvgIpc) is 2.94. The molecule has 0 radical (unpaired) electrons. The predicted octanol–water partition coefficient (Wildman–Crippen LogP) is 3.53. The fourth-order valence-electron chi connectivity index (χ4n) is 1.63. The van der Waals surface area contributed by atoms with Crippen LogP contribution < -0.4 is 10.5 Å². The predicted molar refractivity (Wildman–Crippen MR) is 84.2 cm³/mol. The summed E-state index contributed by atoms with van der Waals surface area (Å²) < 4.78 is 11.0.